The summed E-state index contributed by atoms with van der Waals surface area (Å²) < 4.78 is 40.0. The molecule has 1 fully saturated rings. The summed E-state index contributed by atoms with van der Waals surface area (Å²) in [5.41, 5.74) is 1.66. The summed E-state index contributed by atoms with van der Waals surface area (Å²) in [4.78, 5) is 19.6. The summed E-state index contributed by atoms with van der Waals surface area (Å²) in [6.45, 7) is 20.7. The van der Waals surface area contributed by atoms with Crippen molar-refractivity contribution in [3.63, 3.8) is 0 Å². The van der Waals surface area contributed by atoms with Crippen LogP contribution in [0, 0.1) is 12.7 Å². The van der Waals surface area contributed by atoms with Crippen molar-refractivity contribution in [1.29, 1.82) is 0 Å². The van der Waals surface area contributed by atoms with Gasteiger partial charge in [0.2, 0.25) is 0 Å². The maximum absolute atomic E-state index is 14.1. The first-order chi connectivity index (χ1) is 21.7. The number of halogens is 1. The minimum Gasteiger partial charge on any atom is -0.490 e. The molecule has 1 unspecified atom stereocenters. The number of hydrogen-bond acceptors (Lipinski definition) is 8. The van der Waals surface area contributed by atoms with E-state index < -0.39 is 17.7 Å². The maximum atomic E-state index is 14.1. The summed E-state index contributed by atoms with van der Waals surface area (Å²) in [5, 5.41) is 15.2. The molecule has 3 aromatic rings. The van der Waals surface area contributed by atoms with Gasteiger partial charge in [0.1, 0.15) is 17.4 Å². The van der Waals surface area contributed by atoms with Crippen LogP contribution >= 0.6 is 0 Å². The second kappa shape index (κ2) is 14.7. The van der Waals surface area contributed by atoms with Crippen LogP contribution < -0.4 is 9.64 Å². The number of carboxylic acids is 1. The highest BCUT2D eigenvalue weighted by atomic mass is 19.1. The van der Waals surface area contributed by atoms with E-state index in [0.717, 1.165) is 12.8 Å². The Bertz CT molecular complexity index is 1540. The van der Waals surface area contributed by atoms with E-state index in [2.05, 4.69) is 25.0 Å². The van der Waals surface area contributed by atoms with Gasteiger partial charge in [0.05, 0.1) is 48.4 Å². The van der Waals surface area contributed by atoms with Gasteiger partial charge in [0.15, 0.2) is 11.8 Å². The normalized spacial score (nSPS) is 16.3. The molecule has 1 aliphatic rings. The average Bonchev–Trinajstić information content (AvgIpc) is 3.38. The van der Waals surface area contributed by atoms with Gasteiger partial charge in [-0.05, 0) is 72.6 Å². The van der Waals surface area contributed by atoms with E-state index in [1.54, 1.807) is 29.7 Å². The molecule has 0 aliphatic carbocycles. The van der Waals surface area contributed by atoms with Crippen LogP contribution in [0.1, 0.15) is 82.5 Å². The van der Waals surface area contributed by atoms with Crippen molar-refractivity contribution < 1.29 is 33.2 Å². The molecule has 250 valence electrons. The summed E-state index contributed by atoms with van der Waals surface area (Å²) in [6.07, 6.45) is 4.22. The Morgan fingerprint density at radius 3 is 2.52 bits per heavy atom. The highest BCUT2D eigenvalue weighted by Gasteiger charge is 2.37. The maximum Gasteiger partial charge on any atom is 0.337 e. The van der Waals surface area contributed by atoms with Crippen molar-refractivity contribution >= 4 is 17.4 Å². The number of rotatable bonds is 15. The van der Waals surface area contributed by atoms with Gasteiger partial charge in [-0.15, -0.1) is 13.2 Å². The van der Waals surface area contributed by atoms with E-state index in [-0.39, 0.29) is 30.7 Å². The van der Waals surface area contributed by atoms with Crippen LogP contribution in [-0.4, -0.2) is 62.7 Å². The third kappa shape index (κ3) is 8.71. The first kappa shape index (κ1) is 35.1. The number of anilines is 1. The SMILES string of the molecule is C=CCOC1(C)CCN(c2c([C@H](OC(C)(C)C)C(=O)O)c(C)nc3cc(COCc4cc(F)ccc4OC(C)CC=C)nn23)CC1. The van der Waals surface area contributed by atoms with Gasteiger partial charge in [0.25, 0.3) is 0 Å². The Labute approximate surface area is 270 Å². The van der Waals surface area contributed by atoms with Crippen molar-refractivity contribution in [3.8, 4) is 5.75 Å². The van der Waals surface area contributed by atoms with Crippen LogP contribution in [0.25, 0.3) is 5.65 Å². The van der Waals surface area contributed by atoms with Gasteiger partial charge < -0.3 is 29.0 Å². The standard InChI is InChI=1S/C35H47FN4O6/c1-9-11-23(3)45-28-13-12-26(36)19-25(28)21-43-22-27-20-29-37-24(4)30(31(33(41)42)46-34(5,6)7)32(40(29)38-27)39-16-14-35(8,15-17-39)44-18-10-2/h9-10,12-13,19-20,23,31H,1-2,11,14-18,21-22H2,3-8H3,(H,41,42)/t23?,31-/m0/s1. The number of nitrogens with zero attached hydrogens (tertiary/aromatic N) is 4. The number of fused-ring (bicyclic) bond motifs is 1. The molecular formula is C35H47FN4O6. The number of piperidine rings is 1. The first-order valence-electron chi connectivity index (χ1n) is 15.7. The molecule has 10 nitrogen and oxygen atoms in total. The fourth-order valence-corrected chi connectivity index (χ4v) is 5.57. The van der Waals surface area contributed by atoms with E-state index in [1.807, 2.05) is 33.8 Å². The number of hydrogen-bond donors (Lipinski definition) is 1. The second-order valence-electron chi connectivity index (χ2n) is 13.0. The number of carboxylic acid groups (broad SMARTS) is 1. The predicted octanol–water partition coefficient (Wildman–Crippen LogP) is 6.74. The number of aryl methyl sites for hydroxylation is 1. The van der Waals surface area contributed by atoms with Crippen LogP contribution in [0.15, 0.2) is 49.6 Å². The predicted molar refractivity (Wildman–Crippen MR) is 175 cm³/mol. The highest BCUT2D eigenvalue weighted by molar-refractivity contribution is 5.78. The molecule has 0 saturated carbocycles. The quantitative estimate of drug-likeness (QED) is 0.181. The molecule has 46 heavy (non-hydrogen) atoms. The Morgan fingerprint density at radius 2 is 1.89 bits per heavy atom. The molecule has 0 amide bonds. The molecular weight excluding hydrogens is 591 g/mol. The molecule has 1 N–H and O–H groups in total. The Hall–Kier alpha value is -3.80. The fourth-order valence-electron chi connectivity index (χ4n) is 5.57. The lowest BCUT2D eigenvalue weighted by molar-refractivity contribution is -0.160. The summed E-state index contributed by atoms with van der Waals surface area (Å²) in [7, 11) is 0. The van der Waals surface area contributed by atoms with Crippen LogP contribution in [-0.2, 0) is 32.2 Å². The number of carbonyl (C=O) groups is 1. The van der Waals surface area contributed by atoms with E-state index in [1.165, 1.54) is 12.1 Å². The topological polar surface area (TPSA) is 108 Å². The van der Waals surface area contributed by atoms with Gasteiger partial charge in [-0.3, -0.25) is 0 Å². The van der Waals surface area contributed by atoms with Crippen molar-refractivity contribution in [1.82, 2.24) is 14.6 Å². The van der Waals surface area contributed by atoms with Gasteiger partial charge >= 0.3 is 5.97 Å². The average molecular weight is 639 g/mol. The van der Waals surface area contributed by atoms with Crippen molar-refractivity contribution in [2.75, 3.05) is 24.6 Å². The lowest BCUT2D eigenvalue weighted by Gasteiger charge is -2.41. The summed E-state index contributed by atoms with van der Waals surface area (Å²) >= 11 is 0. The zero-order chi connectivity index (χ0) is 33.6. The van der Waals surface area contributed by atoms with E-state index in [0.29, 0.717) is 65.8 Å². The minimum absolute atomic E-state index is 0.0995. The third-order valence-corrected chi connectivity index (χ3v) is 7.84. The first-order valence-corrected chi connectivity index (χ1v) is 15.7. The molecule has 1 aliphatic heterocycles. The molecule has 4 rings (SSSR count). The van der Waals surface area contributed by atoms with Gasteiger partial charge in [-0.1, -0.05) is 12.2 Å². The Kier molecular flexibility index (Phi) is 11.2. The van der Waals surface area contributed by atoms with Crippen LogP contribution in [0.5, 0.6) is 5.75 Å². The molecule has 11 heteroatoms. The third-order valence-electron chi connectivity index (χ3n) is 7.84. The fraction of sp³-hybridized carbons (Fsp3) is 0.514. The zero-order valence-corrected chi connectivity index (χ0v) is 27.8. The number of aliphatic carboxylic acids is 1. The largest absolute Gasteiger partial charge is 0.490 e. The number of benzene rings is 1. The second-order valence-corrected chi connectivity index (χ2v) is 13.0. The smallest absolute Gasteiger partial charge is 0.337 e. The van der Waals surface area contributed by atoms with E-state index in [9.17, 15) is 14.3 Å². The van der Waals surface area contributed by atoms with Gasteiger partial charge in [-0.25, -0.2) is 14.2 Å². The molecule has 0 bridgehead atoms. The van der Waals surface area contributed by atoms with Gasteiger partial charge in [0, 0.05) is 36.8 Å². The highest BCUT2D eigenvalue weighted by Crippen LogP contribution is 2.37. The molecule has 0 radical (unpaired) electrons. The van der Waals surface area contributed by atoms with Gasteiger partial charge in [-0.2, -0.15) is 9.61 Å². The Morgan fingerprint density at radius 1 is 1.17 bits per heavy atom. The monoisotopic (exact) mass is 638 g/mol. The van der Waals surface area contributed by atoms with E-state index >= 15 is 0 Å². The number of aromatic nitrogens is 3. The molecule has 1 saturated heterocycles. The minimum atomic E-state index is -1.27. The molecule has 3 heterocycles. The molecule has 2 aromatic heterocycles. The van der Waals surface area contributed by atoms with Crippen LogP contribution in [0.3, 0.4) is 0 Å². The number of ether oxygens (including phenoxy) is 4. The molecule has 2 atom stereocenters. The lowest BCUT2D eigenvalue weighted by Crippen LogP contribution is -2.45. The van der Waals surface area contributed by atoms with Crippen molar-refractivity contribution in [3.05, 3.63) is 77.9 Å². The molecule has 0 spiro atoms. The van der Waals surface area contributed by atoms with Crippen molar-refractivity contribution in [2.24, 2.45) is 0 Å². The Balaban J connectivity index is 1.67. The zero-order valence-electron chi connectivity index (χ0n) is 27.8. The van der Waals surface area contributed by atoms with Crippen LogP contribution in [0.4, 0.5) is 10.2 Å². The molecule has 1 aromatic carbocycles. The van der Waals surface area contributed by atoms with Crippen LogP contribution in [0.2, 0.25) is 0 Å². The summed E-state index contributed by atoms with van der Waals surface area (Å²) in [5.74, 6) is -0.330. The van der Waals surface area contributed by atoms with E-state index in [4.69, 9.17) is 29.0 Å². The lowest BCUT2D eigenvalue weighted by atomic mass is 9.92. The van der Waals surface area contributed by atoms with Crippen molar-refractivity contribution in [2.45, 2.75) is 97.4 Å². The summed E-state index contributed by atoms with van der Waals surface area (Å²) in [6, 6.07) is 6.18.